The zero-order valence-electron chi connectivity index (χ0n) is 17.6. The number of carbonyl (C=O) groups excluding carboxylic acids is 2. The van der Waals surface area contributed by atoms with Crippen molar-refractivity contribution in [3.8, 4) is 11.5 Å². The van der Waals surface area contributed by atoms with Crippen LogP contribution in [0.25, 0.3) is 11.5 Å². The molecule has 1 N–H and O–H groups in total. The van der Waals surface area contributed by atoms with Crippen molar-refractivity contribution in [1.82, 2.24) is 4.98 Å². The van der Waals surface area contributed by atoms with E-state index in [2.05, 4.69) is 10.3 Å². The molecule has 0 aliphatic heterocycles. The van der Waals surface area contributed by atoms with Crippen LogP contribution in [-0.4, -0.2) is 33.8 Å². The lowest BCUT2D eigenvalue weighted by Crippen LogP contribution is -2.24. The minimum absolute atomic E-state index is 0.121. The number of amides is 1. The predicted octanol–water partition coefficient (Wildman–Crippen LogP) is 4.02. The molecule has 1 atom stereocenters. The molecule has 0 spiro atoms. The van der Waals surface area contributed by atoms with Crippen LogP contribution in [0, 0.1) is 13.8 Å². The van der Waals surface area contributed by atoms with Crippen molar-refractivity contribution in [2.45, 2.75) is 26.5 Å². The van der Waals surface area contributed by atoms with Crippen LogP contribution in [-0.2, 0) is 26.5 Å². The van der Waals surface area contributed by atoms with Crippen molar-refractivity contribution in [2.75, 3.05) is 17.7 Å². The van der Waals surface area contributed by atoms with Crippen LogP contribution in [0.2, 0.25) is 0 Å². The molecule has 0 radical (unpaired) electrons. The number of nitrogens with one attached hydrogen (secondary N) is 1. The molecule has 8 heteroatoms. The fourth-order valence-corrected chi connectivity index (χ4v) is 3.87. The summed E-state index contributed by atoms with van der Waals surface area (Å²) in [5.74, 6) is 0.188. The number of aromatic nitrogens is 1. The Morgan fingerprint density at radius 1 is 1.10 bits per heavy atom. The summed E-state index contributed by atoms with van der Waals surface area (Å²) in [5.41, 5.74) is 3.45. The number of oxazole rings is 1. The number of anilines is 1. The van der Waals surface area contributed by atoms with Crippen molar-refractivity contribution in [3.63, 3.8) is 0 Å². The molecule has 0 aliphatic rings. The molecule has 1 aromatic heterocycles. The normalized spacial score (nSPS) is 11.7. The zero-order valence-corrected chi connectivity index (χ0v) is 18.5. The van der Waals surface area contributed by atoms with Gasteiger partial charge in [0.25, 0.3) is 5.91 Å². The average Bonchev–Trinajstić information content (AvgIpc) is 3.09. The highest BCUT2D eigenvalue weighted by Crippen LogP contribution is 2.23. The molecular weight excluding hydrogens is 416 g/mol. The number of aryl methyl sites for hydroxylation is 2. The summed E-state index contributed by atoms with van der Waals surface area (Å²) in [5, 5.41) is 2.68. The van der Waals surface area contributed by atoms with Gasteiger partial charge >= 0.3 is 5.97 Å². The summed E-state index contributed by atoms with van der Waals surface area (Å²) in [6, 6.07) is 14.1. The second kappa shape index (κ2) is 10.3. The van der Waals surface area contributed by atoms with Gasteiger partial charge in [-0.15, -0.1) is 0 Å². The molecule has 0 aliphatic carbocycles. The van der Waals surface area contributed by atoms with Gasteiger partial charge in [0, 0.05) is 11.3 Å². The quantitative estimate of drug-likeness (QED) is 0.419. The maximum absolute atomic E-state index is 12.5. The van der Waals surface area contributed by atoms with Crippen molar-refractivity contribution in [1.29, 1.82) is 0 Å². The lowest BCUT2D eigenvalue weighted by atomic mass is 10.1. The number of benzene rings is 2. The van der Waals surface area contributed by atoms with Crippen molar-refractivity contribution >= 4 is 28.7 Å². The van der Waals surface area contributed by atoms with Crippen molar-refractivity contribution in [2.24, 2.45) is 0 Å². The second-order valence-electron chi connectivity index (χ2n) is 6.96. The molecule has 162 valence electrons. The van der Waals surface area contributed by atoms with Crippen LogP contribution in [0.15, 0.2) is 52.9 Å². The van der Waals surface area contributed by atoms with Gasteiger partial charge in [-0.1, -0.05) is 17.7 Å². The van der Waals surface area contributed by atoms with E-state index >= 15 is 0 Å². The first-order chi connectivity index (χ1) is 14.9. The molecule has 0 fully saturated rings. The summed E-state index contributed by atoms with van der Waals surface area (Å²) in [4.78, 5) is 28.4. The summed E-state index contributed by atoms with van der Waals surface area (Å²) in [7, 11) is 0. The van der Waals surface area contributed by atoms with Crippen molar-refractivity contribution in [3.05, 3.63) is 71.1 Å². The van der Waals surface area contributed by atoms with E-state index < -0.39 is 17.1 Å². The van der Waals surface area contributed by atoms with Crippen LogP contribution >= 0.6 is 0 Å². The Morgan fingerprint density at radius 3 is 2.42 bits per heavy atom. The van der Waals surface area contributed by atoms with E-state index in [9.17, 15) is 14.1 Å². The third kappa shape index (κ3) is 6.19. The molecule has 3 aromatic rings. The summed E-state index contributed by atoms with van der Waals surface area (Å²) in [6.07, 6.45) is 0. The minimum Gasteiger partial charge on any atom is -0.616 e. The van der Waals surface area contributed by atoms with E-state index in [4.69, 9.17) is 9.15 Å². The fourth-order valence-electron chi connectivity index (χ4n) is 2.83. The van der Waals surface area contributed by atoms with Crippen LogP contribution < -0.4 is 5.32 Å². The van der Waals surface area contributed by atoms with Crippen LogP contribution in [0.4, 0.5) is 5.69 Å². The van der Waals surface area contributed by atoms with Crippen LogP contribution in [0.1, 0.15) is 34.3 Å². The SMILES string of the molecule is CCOC(=O)c1ccc(NC(=O)C[S+]([O-])Cc2nc(-c3ccc(C)cc3)oc2C)cc1. The van der Waals surface area contributed by atoms with Gasteiger partial charge in [-0.25, -0.2) is 9.78 Å². The number of ether oxygens (including phenoxy) is 1. The highest BCUT2D eigenvalue weighted by Gasteiger charge is 2.20. The highest BCUT2D eigenvalue weighted by molar-refractivity contribution is 7.91. The first-order valence-corrected chi connectivity index (χ1v) is 11.3. The Kier molecular flexibility index (Phi) is 7.49. The Hall–Kier alpha value is -3.10. The number of carbonyl (C=O) groups is 2. The number of rotatable bonds is 8. The predicted molar refractivity (Wildman–Crippen MR) is 119 cm³/mol. The first-order valence-electron chi connectivity index (χ1n) is 9.81. The Bertz CT molecular complexity index is 1040. The molecular formula is C23H24N2O5S. The van der Waals surface area contributed by atoms with E-state index in [0.717, 1.165) is 11.1 Å². The number of nitrogens with zero attached hydrogens (tertiary/aromatic N) is 1. The van der Waals surface area contributed by atoms with Gasteiger partial charge in [0.2, 0.25) is 5.89 Å². The third-order valence-electron chi connectivity index (χ3n) is 4.46. The molecule has 7 nitrogen and oxygen atoms in total. The highest BCUT2D eigenvalue weighted by atomic mass is 32.2. The van der Waals surface area contributed by atoms with Gasteiger partial charge in [-0.2, -0.15) is 0 Å². The van der Waals surface area contributed by atoms with Gasteiger partial charge in [-0.3, -0.25) is 4.79 Å². The van der Waals surface area contributed by atoms with Crippen molar-refractivity contribution < 1.29 is 23.3 Å². The van der Waals surface area contributed by atoms with Gasteiger partial charge in [0.1, 0.15) is 11.5 Å². The standard InChI is InChI=1S/C23H24N2O5S/c1-4-29-23(27)18-9-11-19(12-10-18)24-21(26)14-31(28)13-20-16(3)30-22(25-20)17-7-5-15(2)6-8-17/h5-12H,4,13-14H2,1-3H3,(H,24,26). The minimum atomic E-state index is -1.45. The van der Waals surface area contributed by atoms with Gasteiger partial charge in [0.15, 0.2) is 11.5 Å². The average molecular weight is 441 g/mol. The molecule has 1 amide bonds. The maximum atomic E-state index is 12.5. The number of hydrogen-bond acceptors (Lipinski definition) is 6. The van der Waals surface area contributed by atoms with E-state index in [1.165, 1.54) is 0 Å². The van der Waals surface area contributed by atoms with E-state index in [1.54, 1.807) is 38.1 Å². The first kappa shape index (κ1) is 22.6. The molecule has 0 saturated carbocycles. The monoisotopic (exact) mass is 440 g/mol. The largest absolute Gasteiger partial charge is 0.616 e. The summed E-state index contributed by atoms with van der Waals surface area (Å²) in [6.45, 7) is 5.79. The molecule has 0 bridgehead atoms. The number of hydrogen-bond donors (Lipinski definition) is 1. The zero-order chi connectivity index (χ0) is 22.4. The second-order valence-corrected chi connectivity index (χ2v) is 8.42. The lowest BCUT2D eigenvalue weighted by Gasteiger charge is -2.10. The van der Waals surface area contributed by atoms with E-state index in [1.807, 2.05) is 31.2 Å². The van der Waals surface area contributed by atoms with Gasteiger partial charge in [-0.05, 0) is 68.3 Å². The number of esters is 1. The molecule has 1 unspecified atom stereocenters. The summed E-state index contributed by atoms with van der Waals surface area (Å²) < 4.78 is 23.1. The van der Waals surface area contributed by atoms with Crippen LogP contribution in [0.5, 0.6) is 0 Å². The van der Waals surface area contributed by atoms with Crippen LogP contribution in [0.3, 0.4) is 0 Å². The molecule has 3 rings (SSSR count). The molecule has 0 saturated heterocycles. The fraction of sp³-hybridized carbons (Fsp3) is 0.261. The van der Waals surface area contributed by atoms with E-state index in [0.29, 0.717) is 35.2 Å². The molecule has 1 heterocycles. The third-order valence-corrected chi connectivity index (χ3v) is 5.64. The van der Waals surface area contributed by atoms with E-state index in [-0.39, 0.29) is 17.4 Å². The Balaban J connectivity index is 1.56. The Morgan fingerprint density at radius 2 is 1.77 bits per heavy atom. The molecule has 31 heavy (non-hydrogen) atoms. The molecule has 2 aromatic carbocycles. The summed E-state index contributed by atoms with van der Waals surface area (Å²) >= 11 is -1.45. The lowest BCUT2D eigenvalue weighted by molar-refractivity contribution is -0.113. The topological polar surface area (TPSA) is 104 Å². The smallest absolute Gasteiger partial charge is 0.338 e. The van der Waals surface area contributed by atoms with Gasteiger partial charge < -0.3 is 19.0 Å². The maximum Gasteiger partial charge on any atom is 0.338 e. The Labute approximate surface area is 184 Å². The van der Waals surface area contributed by atoms with Gasteiger partial charge in [0.05, 0.1) is 12.2 Å².